The maximum Gasteiger partial charge on any atom is 0.298 e. The number of nitro benzene ring substituents is 1. The van der Waals surface area contributed by atoms with Crippen LogP contribution in [0, 0.1) is 10.1 Å². The summed E-state index contributed by atoms with van der Waals surface area (Å²) >= 11 is 17.8. The Morgan fingerprint density at radius 3 is 2.20 bits per heavy atom. The molecule has 0 bridgehead atoms. The van der Waals surface area contributed by atoms with Crippen molar-refractivity contribution >= 4 is 94.4 Å². The third-order valence-corrected chi connectivity index (χ3v) is 7.79. The second-order valence-electron chi connectivity index (χ2n) is 7.79. The van der Waals surface area contributed by atoms with Gasteiger partial charge in [-0.2, -0.15) is 21.8 Å². The zero-order valence-electron chi connectivity index (χ0n) is 19.4. The molecular formula is C20H11Cl3N6O10S2. The minimum atomic E-state index is -5.17. The second kappa shape index (κ2) is 10.8. The summed E-state index contributed by atoms with van der Waals surface area (Å²) in [5.41, 5.74) is -2.48. The number of aromatic nitrogens is 2. The van der Waals surface area contributed by atoms with E-state index >= 15 is 0 Å². The number of azo groups is 1. The highest BCUT2D eigenvalue weighted by Crippen LogP contribution is 2.46. The monoisotopic (exact) mass is 664 g/mol. The van der Waals surface area contributed by atoms with E-state index in [9.17, 15) is 46.3 Å². The van der Waals surface area contributed by atoms with Gasteiger partial charge in [0.1, 0.15) is 21.3 Å². The minimum Gasteiger partial charge on any atom is -0.504 e. The summed E-state index contributed by atoms with van der Waals surface area (Å²) in [4.78, 5) is 15.9. The summed E-state index contributed by atoms with van der Waals surface area (Å²) in [6.45, 7) is 0. The van der Waals surface area contributed by atoms with Gasteiger partial charge in [0, 0.05) is 17.5 Å². The van der Waals surface area contributed by atoms with Gasteiger partial charge in [0.05, 0.1) is 15.5 Å². The summed E-state index contributed by atoms with van der Waals surface area (Å²) < 4.78 is 65.6. The van der Waals surface area contributed by atoms with Crippen LogP contribution in [0.1, 0.15) is 0 Å². The van der Waals surface area contributed by atoms with Gasteiger partial charge in [-0.3, -0.25) is 19.2 Å². The summed E-state index contributed by atoms with van der Waals surface area (Å²) in [5.74, 6) is -2.18. The van der Waals surface area contributed by atoms with Crippen molar-refractivity contribution in [3.8, 4) is 11.5 Å². The fraction of sp³-hybridized carbons (Fsp3) is 0. The van der Waals surface area contributed by atoms with Crippen LogP contribution in [0.25, 0.3) is 10.8 Å². The van der Waals surface area contributed by atoms with E-state index in [0.29, 0.717) is 12.1 Å². The number of nitrogens with one attached hydrogen (secondary N) is 1. The average molecular weight is 666 g/mol. The molecule has 3 aromatic carbocycles. The molecule has 1 aromatic heterocycles. The van der Waals surface area contributed by atoms with E-state index in [2.05, 4.69) is 25.5 Å². The molecule has 0 atom stereocenters. The number of aromatic hydroxyl groups is 2. The van der Waals surface area contributed by atoms with Crippen LogP contribution in [-0.4, -0.2) is 51.0 Å². The number of halogens is 3. The van der Waals surface area contributed by atoms with E-state index < -0.39 is 63.5 Å². The Hall–Kier alpha value is -3.91. The molecule has 0 saturated heterocycles. The van der Waals surface area contributed by atoms with Crippen molar-refractivity contribution < 1.29 is 41.1 Å². The standard InChI is InChI=1S/C20H11Cl3N6O10S2/c21-14-18(22)25-20(23)26-19(14)24-11-3-7-1-2-9(40(34,35)36)6-10(7)15(17(11)31)28-27-12-4-8(29(32)33)5-13(16(12)30)41(37,38)39/h1-6,30-31H,(H,24,25,26)(H,34,35,36)(H,37,38,39). The van der Waals surface area contributed by atoms with Crippen LogP contribution in [0.3, 0.4) is 0 Å². The summed E-state index contributed by atoms with van der Waals surface area (Å²) in [5, 5.41) is 41.9. The van der Waals surface area contributed by atoms with Gasteiger partial charge in [-0.15, -0.1) is 10.2 Å². The Morgan fingerprint density at radius 2 is 1.59 bits per heavy atom. The lowest BCUT2D eigenvalue weighted by molar-refractivity contribution is -0.385. The molecule has 0 spiro atoms. The topological polar surface area (TPSA) is 255 Å². The van der Waals surface area contributed by atoms with Gasteiger partial charge in [0.15, 0.2) is 22.5 Å². The van der Waals surface area contributed by atoms with Crippen molar-refractivity contribution in [3.63, 3.8) is 0 Å². The first-order valence-electron chi connectivity index (χ1n) is 10.3. The molecule has 0 aliphatic heterocycles. The normalized spacial score (nSPS) is 12.2. The highest BCUT2D eigenvalue weighted by molar-refractivity contribution is 7.86. The molecule has 0 aliphatic carbocycles. The third kappa shape index (κ3) is 6.22. The molecule has 4 rings (SSSR count). The fourth-order valence-electron chi connectivity index (χ4n) is 3.37. The summed E-state index contributed by atoms with van der Waals surface area (Å²) in [6.07, 6.45) is 0. The zero-order chi connectivity index (χ0) is 30.4. The summed E-state index contributed by atoms with van der Waals surface area (Å²) in [7, 11) is -9.92. The molecule has 0 fully saturated rings. The molecule has 21 heteroatoms. The largest absolute Gasteiger partial charge is 0.504 e. The van der Waals surface area contributed by atoms with Gasteiger partial charge in [-0.1, -0.05) is 29.3 Å². The van der Waals surface area contributed by atoms with Gasteiger partial charge in [-0.05, 0) is 35.2 Å². The Bertz CT molecular complexity index is 2020. The maximum absolute atomic E-state index is 11.7. The number of nitro groups is 1. The van der Waals surface area contributed by atoms with Crippen molar-refractivity contribution in [2.45, 2.75) is 9.79 Å². The number of hydrogen-bond donors (Lipinski definition) is 5. The Morgan fingerprint density at radius 1 is 0.902 bits per heavy atom. The van der Waals surface area contributed by atoms with Gasteiger partial charge in [-0.25, -0.2) is 4.98 Å². The third-order valence-electron chi connectivity index (χ3n) is 5.18. The lowest BCUT2D eigenvalue weighted by Crippen LogP contribution is -2.00. The van der Waals surface area contributed by atoms with Gasteiger partial charge >= 0.3 is 0 Å². The van der Waals surface area contributed by atoms with E-state index in [1.54, 1.807) is 0 Å². The maximum atomic E-state index is 11.7. The molecule has 0 saturated carbocycles. The van der Waals surface area contributed by atoms with Crippen molar-refractivity contribution in [2.24, 2.45) is 10.2 Å². The molecule has 5 N–H and O–H groups in total. The predicted molar refractivity (Wildman–Crippen MR) is 145 cm³/mol. The predicted octanol–water partition coefficient (Wildman–Crippen LogP) is 5.56. The van der Waals surface area contributed by atoms with E-state index in [4.69, 9.17) is 34.8 Å². The number of phenols is 2. The van der Waals surface area contributed by atoms with Crippen molar-refractivity contribution in [1.29, 1.82) is 0 Å². The van der Waals surface area contributed by atoms with Crippen LogP contribution < -0.4 is 5.32 Å². The molecule has 0 aliphatic rings. The Labute approximate surface area is 243 Å². The van der Waals surface area contributed by atoms with Crippen LogP contribution in [-0.2, 0) is 20.2 Å². The van der Waals surface area contributed by atoms with Crippen LogP contribution in [0.2, 0.25) is 15.5 Å². The van der Waals surface area contributed by atoms with Crippen LogP contribution >= 0.6 is 34.8 Å². The number of hydrogen-bond acceptors (Lipinski definition) is 13. The SMILES string of the molecule is O=[N+]([O-])c1cc(N=Nc2c(O)c(Nc3nc(Cl)nc(Cl)c3Cl)cc3ccc(S(=O)(=O)O)cc23)c(O)c(S(=O)(=O)O)c1. The van der Waals surface area contributed by atoms with E-state index in [1.807, 2.05) is 0 Å². The first kappa shape index (κ1) is 30.1. The first-order chi connectivity index (χ1) is 19.0. The van der Waals surface area contributed by atoms with E-state index in [1.165, 1.54) is 12.1 Å². The lowest BCUT2D eigenvalue weighted by atomic mass is 10.1. The van der Waals surface area contributed by atoms with Crippen LogP contribution in [0.4, 0.5) is 28.6 Å². The highest BCUT2D eigenvalue weighted by atomic mass is 35.5. The summed E-state index contributed by atoms with van der Waals surface area (Å²) in [6, 6.07) is 5.41. The molecule has 16 nitrogen and oxygen atoms in total. The Balaban J connectivity index is 1.99. The number of anilines is 2. The molecule has 4 aromatic rings. The number of fused-ring (bicyclic) bond motifs is 1. The molecule has 214 valence electrons. The number of rotatable bonds is 7. The lowest BCUT2D eigenvalue weighted by Gasteiger charge is -2.14. The molecule has 0 amide bonds. The van der Waals surface area contributed by atoms with Crippen LogP contribution in [0.5, 0.6) is 11.5 Å². The average Bonchev–Trinajstić information content (AvgIpc) is 2.86. The molecule has 0 radical (unpaired) electrons. The Kier molecular flexibility index (Phi) is 7.93. The quantitative estimate of drug-likeness (QED) is 0.0308. The molecule has 41 heavy (non-hydrogen) atoms. The number of nitrogens with zero attached hydrogens (tertiary/aromatic N) is 5. The van der Waals surface area contributed by atoms with Gasteiger partial charge < -0.3 is 15.5 Å². The molecular weight excluding hydrogens is 655 g/mol. The minimum absolute atomic E-state index is 0.156. The number of benzene rings is 3. The van der Waals surface area contributed by atoms with Crippen molar-refractivity contribution in [2.75, 3.05) is 5.32 Å². The highest BCUT2D eigenvalue weighted by Gasteiger charge is 2.25. The van der Waals surface area contributed by atoms with Crippen molar-refractivity contribution in [3.05, 3.63) is 62.0 Å². The number of non-ortho nitro benzene ring substituents is 1. The number of phenolic OH excluding ortho intramolecular Hbond substituents is 2. The van der Waals surface area contributed by atoms with E-state index in [-0.39, 0.29) is 37.7 Å². The van der Waals surface area contributed by atoms with Crippen LogP contribution in [0.15, 0.2) is 56.4 Å². The smallest absolute Gasteiger partial charge is 0.298 e. The molecule has 1 heterocycles. The fourth-order valence-corrected chi connectivity index (χ4v) is 5.01. The van der Waals surface area contributed by atoms with E-state index in [0.717, 1.165) is 12.1 Å². The zero-order valence-corrected chi connectivity index (χ0v) is 23.3. The second-order valence-corrected chi connectivity index (χ2v) is 11.7. The molecule has 0 unspecified atom stereocenters. The first-order valence-corrected chi connectivity index (χ1v) is 14.3. The van der Waals surface area contributed by atoms with Crippen molar-refractivity contribution in [1.82, 2.24) is 9.97 Å². The van der Waals surface area contributed by atoms with Gasteiger partial charge in [0.2, 0.25) is 5.28 Å². The van der Waals surface area contributed by atoms with Gasteiger partial charge in [0.25, 0.3) is 25.9 Å².